The van der Waals surface area contributed by atoms with E-state index in [0.29, 0.717) is 17.0 Å². The first-order chi connectivity index (χ1) is 17.0. The Bertz CT molecular complexity index is 1310. The number of carbonyl (C=O) groups excluding carboxylic acids is 1. The van der Waals surface area contributed by atoms with Gasteiger partial charge in [-0.15, -0.1) is 0 Å². The van der Waals surface area contributed by atoms with Gasteiger partial charge in [0.1, 0.15) is 0 Å². The summed E-state index contributed by atoms with van der Waals surface area (Å²) in [5, 5.41) is 7.33. The average molecular weight is 556 g/mol. The van der Waals surface area contributed by atoms with Crippen molar-refractivity contribution in [3.8, 4) is 11.1 Å². The number of hydrogen-bond acceptors (Lipinski definition) is 3. The van der Waals surface area contributed by atoms with Crippen molar-refractivity contribution in [2.75, 3.05) is 0 Å². The third kappa shape index (κ3) is 5.33. The standard InChI is InChI=1S/C26H20Cl3F3N2O2/c1-2-24(35)33-14-17-4-3-16(9-22(17)15-5-7-19(27)8-6-15)23-13-25(36-34-23,26(30,31)32)18-10-20(28)12-21(29)11-18/h3-12H,2,13-14H2,1H3,(H,33,35). The van der Waals surface area contributed by atoms with Crippen LogP contribution in [0.5, 0.6) is 0 Å². The van der Waals surface area contributed by atoms with Gasteiger partial charge in [0.05, 0.1) is 5.71 Å². The zero-order valence-corrected chi connectivity index (χ0v) is 21.2. The summed E-state index contributed by atoms with van der Waals surface area (Å²) in [5.74, 6) is -0.121. The predicted octanol–water partition coefficient (Wildman–Crippen LogP) is 7.92. The van der Waals surface area contributed by atoms with Crippen molar-refractivity contribution in [1.29, 1.82) is 0 Å². The normalized spacial score (nSPS) is 17.5. The molecule has 10 heteroatoms. The third-order valence-corrected chi connectivity index (χ3v) is 6.60. The molecule has 1 aliphatic rings. The van der Waals surface area contributed by atoms with Gasteiger partial charge in [-0.3, -0.25) is 4.79 Å². The van der Waals surface area contributed by atoms with Crippen LogP contribution in [0.4, 0.5) is 13.2 Å². The lowest BCUT2D eigenvalue weighted by Crippen LogP contribution is -2.42. The molecule has 0 aliphatic carbocycles. The van der Waals surface area contributed by atoms with E-state index >= 15 is 0 Å². The first-order valence-electron chi connectivity index (χ1n) is 11.0. The highest BCUT2D eigenvalue weighted by Crippen LogP contribution is 2.50. The second-order valence-electron chi connectivity index (χ2n) is 8.30. The molecule has 0 radical (unpaired) electrons. The lowest BCUT2D eigenvalue weighted by Gasteiger charge is -2.29. The van der Waals surface area contributed by atoms with Crippen LogP contribution in [0.1, 0.15) is 36.5 Å². The van der Waals surface area contributed by atoms with E-state index in [1.54, 1.807) is 49.4 Å². The van der Waals surface area contributed by atoms with Gasteiger partial charge in [-0.25, -0.2) is 0 Å². The summed E-state index contributed by atoms with van der Waals surface area (Å²) >= 11 is 18.0. The molecule has 188 valence electrons. The van der Waals surface area contributed by atoms with E-state index in [0.717, 1.165) is 16.7 Å². The Kier molecular flexibility index (Phi) is 7.55. The van der Waals surface area contributed by atoms with Gasteiger partial charge in [-0.1, -0.05) is 71.1 Å². The van der Waals surface area contributed by atoms with Crippen LogP contribution in [0.2, 0.25) is 15.1 Å². The van der Waals surface area contributed by atoms with Crippen molar-refractivity contribution in [3.63, 3.8) is 0 Å². The van der Waals surface area contributed by atoms with E-state index in [9.17, 15) is 18.0 Å². The summed E-state index contributed by atoms with van der Waals surface area (Å²) in [6.07, 6.45) is -5.04. The summed E-state index contributed by atoms with van der Waals surface area (Å²) in [7, 11) is 0. The van der Waals surface area contributed by atoms with Gasteiger partial charge in [0.25, 0.3) is 5.60 Å². The number of hydrogen-bond donors (Lipinski definition) is 1. The minimum Gasteiger partial charge on any atom is -0.374 e. The summed E-state index contributed by atoms with van der Waals surface area (Å²) in [6.45, 7) is 2.00. The highest BCUT2D eigenvalue weighted by molar-refractivity contribution is 6.34. The van der Waals surface area contributed by atoms with Crippen molar-refractivity contribution in [2.24, 2.45) is 5.16 Å². The number of oxime groups is 1. The molecular weight excluding hydrogens is 536 g/mol. The zero-order chi connectivity index (χ0) is 26.1. The molecule has 1 amide bonds. The van der Waals surface area contributed by atoms with Crippen LogP contribution >= 0.6 is 34.8 Å². The fraction of sp³-hybridized carbons (Fsp3) is 0.231. The number of nitrogens with one attached hydrogen (secondary N) is 1. The zero-order valence-electron chi connectivity index (χ0n) is 18.9. The minimum atomic E-state index is -4.80. The SMILES string of the molecule is CCC(=O)NCc1ccc(C2=NOC(c3cc(Cl)cc(Cl)c3)(C(F)(F)F)C2)cc1-c1ccc(Cl)cc1. The number of rotatable bonds is 6. The largest absolute Gasteiger partial charge is 0.435 e. The van der Waals surface area contributed by atoms with Crippen LogP contribution in [0, 0.1) is 0 Å². The number of benzene rings is 3. The van der Waals surface area contributed by atoms with Gasteiger partial charge >= 0.3 is 6.18 Å². The molecule has 1 N–H and O–H groups in total. The van der Waals surface area contributed by atoms with E-state index in [1.165, 1.54) is 18.2 Å². The van der Waals surface area contributed by atoms with Crippen LogP contribution in [0.3, 0.4) is 0 Å². The number of amides is 1. The van der Waals surface area contributed by atoms with Crippen LogP contribution in [0.25, 0.3) is 11.1 Å². The Hall–Kier alpha value is -2.74. The fourth-order valence-corrected chi connectivity index (χ4v) is 4.62. The van der Waals surface area contributed by atoms with Crippen molar-refractivity contribution in [3.05, 3.63) is 92.4 Å². The van der Waals surface area contributed by atoms with Crippen molar-refractivity contribution >= 4 is 46.4 Å². The average Bonchev–Trinajstić information content (AvgIpc) is 3.30. The molecule has 36 heavy (non-hydrogen) atoms. The summed E-state index contributed by atoms with van der Waals surface area (Å²) in [4.78, 5) is 16.9. The molecule has 4 rings (SSSR count). The quantitative estimate of drug-likeness (QED) is 0.336. The minimum absolute atomic E-state index is 0.0571. The first kappa shape index (κ1) is 26.3. The van der Waals surface area contributed by atoms with Gasteiger partial charge in [0.15, 0.2) is 0 Å². The Labute approximate surface area is 221 Å². The van der Waals surface area contributed by atoms with Crippen molar-refractivity contribution < 1.29 is 22.8 Å². The Morgan fingerprint density at radius 2 is 1.61 bits per heavy atom. The smallest absolute Gasteiger partial charge is 0.374 e. The molecule has 4 nitrogen and oxygen atoms in total. The Balaban J connectivity index is 1.74. The molecular formula is C26H20Cl3F3N2O2. The summed E-state index contributed by atoms with van der Waals surface area (Å²) in [6, 6.07) is 15.9. The first-order valence-corrected chi connectivity index (χ1v) is 12.1. The van der Waals surface area contributed by atoms with Crippen LogP contribution in [0.15, 0.2) is 65.8 Å². The van der Waals surface area contributed by atoms with E-state index in [-0.39, 0.29) is 33.8 Å². The Morgan fingerprint density at radius 3 is 2.22 bits per heavy atom. The Morgan fingerprint density at radius 1 is 0.972 bits per heavy atom. The van der Waals surface area contributed by atoms with Gasteiger partial charge in [-0.05, 0) is 53.1 Å². The van der Waals surface area contributed by atoms with Crippen molar-refractivity contribution in [2.45, 2.75) is 38.1 Å². The van der Waals surface area contributed by atoms with E-state index < -0.39 is 18.2 Å². The summed E-state index contributed by atoms with van der Waals surface area (Å²) in [5.41, 5.74) is -0.115. The molecule has 0 saturated carbocycles. The van der Waals surface area contributed by atoms with E-state index in [2.05, 4.69) is 10.5 Å². The van der Waals surface area contributed by atoms with Crippen LogP contribution in [-0.2, 0) is 21.8 Å². The second-order valence-corrected chi connectivity index (χ2v) is 9.61. The third-order valence-electron chi connectivity index (χ3n) is 5.91. The highest BCUT2D eigenvalue weighted by atomic mass is 35.5. The maximum absolute atomic E-state index is 14.4. The number of carbonyl (C=O) groups is 1. The van der Waals surface area contributed by atoms with Gasteiger partial charge in [0, 0.05) is 45.6 Å². The van der Waals surface area contributed by atoms with Crippen LogP contribution in [-0.4, -0.2) is 17.8 Å². The molecule has 1 heterocycles. The monoisotopic (exact) mass is 554 g/mol. The maximum atomic E-state index is 14.4. The highest BCUT2D eigenvalue weighted by Gasteiger charge is 2.62. The lowest BCUT2D eigenvalue weighted by atomic mass is 9.85. The number of halogens is 6. The van der Waals surface area contributed by atoms with Crippen molar-refractivity contribution in [1.82, 2.24) is 5.32 Å². The molecule has 0 aromatic heterocycles. The van der Waals surface area contributed by atoms with Gasteiger partial charge < -0.3 is 10.2 Å². The molecule has 3 aromatic rings. The molecule has 3 aromatic carbocycles. The summed E-state index contributed by atoms with van der Waals surface area (Å²) < 4.78 is 43.1. The fourth-order valence-electron chi connectivity index (χ4n) is 3.97. The maximum Gasteiger partial charge on any atom is 0.435 e. The molecule has 0 spiro atoms. The van der Waals surface area contributed by atoms with Gasteiger partial charge in [0.2, 0.25) is 5.91 Å². The van der Waals surface area contributed by atoms with E-state index in [4.69, 9.17) is 39.6 Å². The molecule has 0 saturated heterocycles. The molecule has 1 unspecified atom stereocenters. The van der Waals surface area contributed by atoms with Crippen LogP contribution < -0.4 is 5.32 Å². The van der Waals surface area contributed by atoms with Gasteiger partial charge in [-0.2, -0.15) is 13.2 Å². The molecule has 0 fully saturated rings. The lowest BCUT2D eigenvalue weighted by molar-refractivity contribution is -0.275. The molecule has 1 aliphatic heterocycles. The number of nitrogens with zero attached hydrogens (tertiary/aromatic N) is 1. The van der Waals surface area contributed by atoms with E-state index in [1.807, 2.05) is 0 Å². The molecule has 1 atom stereocenters. The number of alkyl halides is 3. The molecule has 0 bridgehead atoms. The topological polar surface area (TPSA) is 50.7 Å². The second kappa shape index (κ2) is 10.3. The predicted molar refractivity (Wildman–Crippen MR) is 135 cm³/mol.